The van der Waals surface area contributed by atoms with Gasteiger partial charge >= 0.3 is 0 Å². The fourth-order valence-corrected chi connectivity index (χ4v) is 3.74. The van der Waals surface area contributed by atoms with E-state index < -0.39 is 15.8 Å². The average molecular weight is 379 g/mol. The van der Waals surface area contributed by atoms with Crippen molar-refractivity contribution in [3.8, 4) is 0 Å². The number of anilines is 1. The molecule has 0 saturated heterocycles. The monoisotopic (exact) mass is 377 g/mol. The molecule has 0 unspecified atom stereocenters. The Morgan fingerprint density at radius 3 is 2.55 bits per heavy atom. The molecule has 1 N–H and O–H groups in total. The van der Waals surface area contributed by atoms with Crippen molar-refractivity contribution in [2.24, 2.45) is 0 Å². The van der Waals surface area contributed by atoms with E-state index in [0.717, 1.165) is 22.2 Å². The van der Waals surface area contributed by atoms with Gasteiger partial charge in [-0.15, -0.1) is 0 Å². The van der Waals surface area contributed by atoms with E-state index in [-0.39, 0.29) is 9.92 Å². The Hall–Kier alpha value is -1.11. The van der Waals surface area contributed by atoms with Crippen LogP contribution in [0.1, 0.15) is 5.56 Å². The smallest absolute Gasteiger partial charge is 0.263 e. The van der Waals surface area contributed by atoms with Crippen molar-refractivity contribution in [1.29, 1.82) is 0 Å². The Balaban J connectivity index is 2.43. The van der Waals surface area contributed by atoms with Crippen molar-refractivity contribution in [2.75, 3.05) is 4.72 Å². The Morgan fingerprint density at radius 2 is 1.90 bits per heavy atom. The van der Waals surface area contributed by atoms with Gasteiger partial charge in [0.25, 0.3) is 10.0 Å². The SMILES string of the molecule is Cc1cc(Br)ccc1NS(=O)(=O)c1cc(F)ccc1Cl. The van der Waals surface area contributed by atoms with Crippen LogP contribution in [0.25, 0.3) is 0 Å². The third-order valence-corrected chi connectivity index (χ3v) is 4.96. The number of halogens is 3. The van der Waals surface area contributed by atoms with E-state index >= 15 is 0 Å². The fourth-order valence-electron chi connectivity index (χ4n) is 1.62. The third kappa shape index (κ3) is 3.31. The minimum Gasteiger partial charge on any atom is -0.279 e. The van der Waals surface area contributed by atoms with E-state index in [1.54, 1.807) is 25.1 Å². The lowest BCUT2D eigenvalue weighted by atomic mass is 10.2. The van der Waals surface area contributed by atoms with Crippen LogP contribution in [0.5, 0.6) is 0 Å². The van der Waals surface area contributed by atoms with E-state index in [1.165, 1.54) is 6.07 Å². The second kappa shape index (κ2) is 5.71. The lowest BCUT2D eigenvalue weighted by Crippen LogP contribution is -2.14. The molecule has 20 heavy (non-hydrogen) atoms. The van der Waals surface area contributed by atoms with Gasteiger partial charge in [0.15, 0.2) is 0 Å². The molecule has 0 amide bonds. The molecule has 0 aliphatic rings. The molecule has 7 heteroatoms. The van der Waals surface area contributed by atoms with Crippen molar-refractivity contribution < 1.29 is 12.8 Å². The molecular weight excluding hydrogens is 369 g/mol. The Kier molecular flexibility index (Phi) is 4.36. The van der Waals surface area contributed by atoms with Crippen molar-refractivity contribution >= 4 is 43.2 Å². The van der Waals surface area contributed by atoms with Gasteiger partial charge in [-0.1, -0.05) is 27.5 Å². The highest BCUT2D eigenvalue weighted by Gasteiger charge is 2.19. The molecule has 2 rings (SSSR count). The summed E-state index contributed by atoms with van der Waals surface area (Å²) in [4.78, 5) is -0.290. The van der Waals surface area contributed by atoms with Crippen LogP contribution in [-0.4, -0.2) is 8.42 Å². The summed E-state index contributed by atoms with van der Waals surface area (Å²) in [6.07, 6.45) is 0. The molecule has 0 saturated carbocycles. The van der Waals surface area contributed by atoms with E-state index in [1.807, 2.05) is 0 Å². The minimum absolute atomic E-state index is 0.0336. The Labute approximate surface area is 130 Å². The van der Waals surface area contributed by atoms with E-state index in [0.29, 0.717) is 5.69 Å². The highest BCUT2D eigenvalue weighted by molar-refractivity contribution is 9.10. The van der Waals surface area contributed by atoms with Crippen molar-refractivity contribution in [1.82, 2.24) is 0 Å². The number of rotatable bonds is 3. The number of aryl methyl sites for hydroxylation is 1. The minimum atomic E-state index is -3.94. The van der Waals surface area contributed by atoms with E-state index in [2.05, 4.69) is 20.7 Å². The molecule has 0 atom stereocenters. The number of sulfonamides is 1. The van der Waals surface area contributed by atoms with Gasteiger partial charge in [-0.25, -0.2) is 12.8 Å². The summed E-state index contributed by atoms with van der Waals surface area (Å²) in [5, 5.41) is -0.0336. The van der Waals surface area contributed by atoms with Crippen molar-refractivity contribution in [3.63, 3.8) is 0 Å². The first kappa shape index (κ1) is 15.3. The van der Waals surface area contributed by atoms with Crippen LogP contribution in [0.3, 0.4) is 0 Å². The third-order valence-electron chi connectivity index (χ3n) is 2.62. The normalized spacial score (nSPS) is 11.4. The predicted molar refractivity (Wildman–Crippen MR) is 81.1 cm³/mol. The molecule has 0 aliphatic heterocycles. The first-order valence-corrected chi connectivity index (χ1v) is 8.19. The van der Waals surface area contributed by atoms with Crippen LogP contribution in [0.4, 0.5) is 10.1 Å². The van der Waals surface area contributed by atoms with Crippen LogP contribution in [-0.2, 0) is 10.0 Å². The van der Waals surface area contributed by atoms with Crippen molar-refractivity contribution in [2.45, 2.75) is 11.8 Å². The van der Waals surface area contributed by atoms with Gasteiger partial charge in [-0.05, 0) is 48.9 Å². The summed E-state index contributed by atoms with van der Waals surface area (Å²) in [6.45, 7) is 1.76. The lowest BCUT2D eigenvalue weighted by molar-refractivity contribution is 0.595. The van der Waals surface area contributed by atoms with E-state index in [4.69, 9.17) is 11.6 Å². The number of benzene rings is 2. The van der Waals surface area contributed by atoms with Crippen LogP contribution in [0.15, 0.2) is 45.8 Å². The van der Waals surface area contributed by atoms with Gasteiger partial charge in [0, 0.05) is 4.47 Å². The molecule has 0 aromatic heterocycles. The molecule has 0 spiro atoms. The molecular formula is C13H10BrClFNO2S. The van der Waals surface area contributed by atoms with Crippen molar-refractivity contribution in [3.05, 3.63) is 57.3 Å². The second-order valence-corrected chi connectivity index (χ2v) is 7.11. The molecule has 0 fully saturated rings. The zero-order valence-electron chi connectivity index (χ0n) is 10.3. The number of hydrogen-bond acceptors (Lipinski definition) is 2. The standard InChI is InChI=1S/C13H10BrClFNO2S/c1-8-6-9(14)2-5-12(8)17-20(18,19)13-7-10(16)3-4-11(13)15/h2-7,17H,1H3. The maximum absolute atomic E-state index is 13.2. The van der Waals surface area contributed by atoms with Crippen LogP contribution < -0.4 is 4.72 Å². The Morgan fingerprint density at radius 1 is 1.20 bits per heavy atom. The summed E-state index contributed by atoms with van der Waals surface area (Å²) < 4.78 is 40.9. The van der Waals surface area contributed by atoms with Gasteiger partial charge < -0.3 is 0 Å². The maximum atomic E-state index is 13.2. The average Bonchev–Trinajstić information content (AvgIpc) is 2.35. The van der Waals surface area contributed by atoms with Gasteiger partial charge in [0.1, 0.15) is 10.7 Å². The first-order valence-electron chi connectivity index (χ1n) is 5.53. The molecule has 2 aromatic rings. The predicted octanol–water partition coefficient (Wildman–Crippen LogP) is 4.35. The molecule has 0 heterocycles. The lowest BCUT2D eigenvalue weighted by Gasteiger charge is -2.12. The molecule has 106 valence electrons. The molecule has 0 aliphatic carbocycles. The van der Waals surface area contributed by atoms with Gasteiger partial charge in [0.05, 0.1) is 10.7 Å². The first-order chi connectivity index (χ1) is 9.29. The maximum Gasteiger partial charge on any atom is 0.263 e. The summed E-state index contributed by atoms with van der Waals surface area (Å²) in [6, 6.07) is 8.29. The summed E-state index contributed by atoms with van der Waals surface area (Å²) in [5.74, 6) is -0.665. The topological polar surface area (TPSA) is 46.2 Å². The summed E-state index contributed by atoms with van der Waals surface area (Å²) in [5.41, 5.74) is 1.14. The Bertz CT molecular complexity index is 765. The zero-order valence-corrected chi connectivity index (χ0v) is 13.5. The van der Waals surface area contributed by atoms with Crippen LogP contribution in [0, 0.1) is 12.7 Å². The number of nitrogens with one attached hydrogen (secondary N) is 1. The zero-order chi connectivity index (χ0) is 14.9. The number of hydrogen-bond donors (Lipinski definition) is 1. The van der Waals surface area contributed by atoms with Crippen LogP contribution >= 0.6 is 27.5 Å². The largest absolute Gasteiger partial charge is 0.279 e. The summed E-state index contributed by atoms with van der Waals surface area (Å²) in [7, 11) is -3.94. The highest BCUT2D eigenvalue weighted by Crippen LogP contribution is 2.27. The molecule has 3 nitrogen and oxygen atoms in total. The second-order valence-electron chi connectivity index (χ2n) is 4.14. The van der Waals surface area contributed by atoms with Crippen LogP contribution in [0.2, 0.25) is 5.02 Å². The fraction of sp³-hybridized carbons (Fsp3) is 0.0769. The summed E-state index contributed by atoms with van der Waals surface area (Å²) >= 11 is 9.11. The quantitative estimate of drug-likeness (QED) is 0.863. The molecule has 0 radical (unpaired) electrons. The highest BCUT2D eigenvalue weighted by atomic mass is 79.9. The van der Waals surface area contributed by atoms with Gasteiger partial charge in [-0.2, -0.15) is 0 Å². The van der Waals surface area contributed by atoms with Gasteiger partial charge in [0.2, 0.25) is 0 Å². The molecule has 2 aromatic carbocycles. The van der Waals surface area contributed by atoms with Gasteiger partial charge in [-0.3, -0.25) is 4.72 Å². The van der Waals surface area contributed by atoms with E-state index in [9.17, 15) is 12.8 Å². The molecule has 0 bridgehead atoms.